The van der Waals surface area contributed by atoms with Crippen molar-refractivity contribution in [1.82, 2.24) is 9.38 Å². The Hall–Kier alpha value is -3.22. The zero-order chi connectivity index (χ0) is 19.0. The Labute approximate surface area is 156 Å². The maximum atomic E-state index is 12.8. The molecule has 27 heavy (non-hydrogen) atoms. The number of fused-ring (bicyclic) bond motifs is 1. The van der Waals surface area contributed by atoms with Crippen molar-refractivity contribution in [2.24, 2.45) is 0 Å². The van der Waals surface area contributed by atoms with Gasteiger partial charge in [-0.1, -0.05) is 36.4 Å². The van der Waals surface area contributed by atoms with Crippen LogP contribution in [0.4, 0.5) is 11.5 Å². The molecule has 1 aliphatic heterocycles. The summed E-state index contributed by atoms with van der Waals surface area (Å²) in [5.74, 6) is 0.173. The summed E-state index contributed by atoms with van der Waals surface area (Å²) in [6, 6.07) is 15.2. The lowest BCUT2D eigenvalue weighted by molar-refractivity contribution is -0.385. The van der Waals surface area contributed by atoms with E-state index in [9.17, 15) is 14.9 Å². The largest absolute Gasteiger partial charge is 0.376 e. The highest BCUT2D eigenvalue weighted by molar-refractivity contribution is 5.63. The van der Waals surface area contributed by atoms with Crippen LogP contribution in [0.2, 0.25) is 0 Å². The van der Waals surface area contributed by atoms with Crippen molar-refractivity contribution in [3.05, 3.63) is 80.8 Å². The fourth-order valence-electron chi connectivity index (χ4n) is 4.02. The summed E-state index contributed by atoms with van der Waals surface area (Å²) in [6.45, 7) is 2.73. The molecule has 0 spiro atoms. The standard InChI is InChI=1S/C20H20N4O3/c1-20(14-15-8-3-2-4-9-15)11-7-13-23(20)18-17(24(26)27)19(25)22-12-6-5-10-16(22)21-18/h2-6,8-10,12H,7,11,13-14H2,1H3. The highest BCUT2D eigenvalue weighted by atomic mass is 16.6. The second kappa shape index (κ2) is 6.50. The number of anilines is 1. The van der Waals surface area contributed by atoms with Crippen LogP contribution in [-0.4, -0.2) is 26.4 Å². The van der Waals surface area contributed by atoms with Crippen LogP contribution < -0.4 is 10.5 Å². The molecule has 0 radical (unpaired) electrons. The lowest BCUT2D eigenvalue weighted by Crippen LogP contribution is -2.44. The fraction of sp³-hybridized carbons (Fsp3) is 0.300. The average Bonchev–Trinajstić information content (AvgIpc) is 3.03. The molecule has 4 rings (SSSR count). The fourth-order valence-corrected chi connectivity index (χ4v) is 4.02. The first-order valence-electron chi connectivity index (χ1n) is 8.97. The molecule has 1 fully saturated rings. The van der Waals surface area contributed by atoms with Crippen LogP contribution in [0.3, 0.4) is 0 Å². The lowest BCUT2D eigenvalue weighted by atomic mass is 9.90. The van der Waals surface area contributed by atoms with Gasteiger partial charge in [-0.05, 0) is 43.9 Å². The number of nitrogens with zero attached hydrogens (tertiary/aromatic N) is 4. The summed E-state index contributed by atoms with van der Waals surface area (Å²) in [4.78, 5) is 30.4. The Morgan fingerprint density at radius 3 is 2.67 bits per heavy atom. The third-order valence-corrected chi connectivity index (χ3v) is 5.31. The topological polar surface area (TPSA) is 80.8 Å². The summed E-state index contributed by atoms with van der Waals surface area (Å²) in [6.07, 6.45) is 4.03. The molecule has 7 heteroatoms. The van der Waals surface area contributed by atoms with Gasteiger partial charge in [-0.25, -0.2) is 4.98 Å². The van der Waals surface area contributed by atoms with E-state index < -0.39 is 16.2 Å². The van der Waals surface area contributed by atoms with Crippen LogP contribution in [0.1, 0.15) is 25.3 Å². The SMILES string of the molecule is CC1(Cc2ccccc2)CCCN1c1nc2ccccn2c(=O)c1[N+](=O)[O-]. The molecular formula is C20H20N4O3. The maximum absolute atomic E-state index is 12.8. The first-order chi connectivity index (χ1) is 13.0. The molecule has 0 bridgehead atoms. The monoisotopic (exact) mass is 364 g/mol. The molecule has 1 unspecified atom stereocenters. The van der Waals surface area contributed by atoms with Crippen molar-refractivity contribution in [3.8, 4) is 0 Å². The molecule has 1 aliphatic rings. The highest BCUT2D eigenvalue weighted by Crippen LogP contribution is 2.38. The van der Waals surface area contributed by atoms with E-state index in [-0.39, 0.29) is 11.4 Å². The second-order valence-electron chi connectivity index (χ2n) is 7.19. The quantitative estimate of drug-likeness (QED) is 0.524. The minimum absolute atomic E-state index is 0.173. The van der Waals surface area contributed by atoms with Gasteiger partial charge in [-0.3, -0.25) is 19.3 Å². The van der Waals surface area contributed by atoms with Gasteiger partial charge in [0.2, 0.25) is 5.82 Å². The van der Waals surface area contributed by atoms with Gasteiger partial charge in [0, 0.05) is 18.3 Å². The summed E-state index contributed by atoms with van der Waals surface area (Å²) in [7, 11) is 0. The second-order valence-corrected chi connectivity index (χ2v) is 7.19. The summed E-state index contributed by atoms with van der Waals surface area (Å²) in [5.41, 5.74) is 0.136. The smallest absolute Gasteiger partial charge is 0.345 e. The summed E-state index contributed by atoms with van der Waals surface area (Å²) < 4.78 is 1.23. The predicted molar refractivity (Wildman–Crippen MR) is 103 cm³/mol. The van der Waals surface area contributed by atoms with Crippen molar-refractivity contribution in [1.29, 1.82) is 0 Å². The first-order valence-corrected chi connectivity index (χ1v) is 8.97. The van der Waals surface area contributed by atoms with Crippen LogP contribution in [-0.2, 0) is 6.42 Å². The summed E-state index contributed by atoms with van der Waals surface area (Å²) in [5, 5.41) is 11.7. The van der Waals surface area contributed by atoms with Gasteiger partial charge in [0.15, 0.2) is 0 Å². The van der Waals surface area contributed by atoms with Crippen LogP contribution in [0.15, 0.2) is 59.5 Å². The highest BCUT2D eigenvalue weighted by Gasteiger charge is 2.41. The molecule has 1 aromatic carbocycles. The molecule has 3 aromatic rings. The molecule has 1 saturated heterocycles. The molecule has 3 heterocycles. The van der Waals surface area contributed by atoms with E-state index in [1.54, 1.807) is 18.2 Å². The van der Waals surface area contributed by atoms with E-state index in [0.717, 1.165) is 24.8 Å². The Kier molecular flexibility index (Phi) is 4.14. The normalized spacial score (nSPS) is 19.5. The van der Waals surface area contributed by atoms with Gasteiger partial charge in [0.1, 0.15) is 5.65 Å². The number of nitro groups is 1. The van der Waals surface area contributed by atoms with Crippen molar-refractivity contribution in [2.75, 3.05) is 11.4 Å². The van der Waals surface area contributed by atoms with Crippen LogP contribution in [0.5, 0.6) is 0 Å². The van der Waals surface area contributed by atoms with Crippen molar-refractivity contribution in [3.63, 3.8) is 0 Å². The van der Waals surface area contributed by atoms with E-state index in [2.05, 4.69) is 24.0 Å². The Morgan fingerprint density at radius 2 is 1.93 bits per heavy atom. The van der Waals surface area contributed by atoms with E-state index in [1.807, 2.05) is 23.1 Å². The molecule has 2 aromatic heterocycles. The number of hydrogen-bond donors (Lipinski definition) is 0. The minimum atomic E-state index is -0.644. The van der Waals surface area contributed by atoms with Crippen LogP contribution in [0, 0.1) is 10.1 Å². The van der Waals surface area contributed by atoms with Crippen molar-refractivity contribution in [2.45, 2.75) is 31.7 Å². The third kappa shape index (κ3) is 2.95. The number of rotatable bonds is 4. The van der Waals surface area contributed by atoms with Crippen LogP contribution >= 0.6 is 0 Å². The van der Waals surface area contributed by atoms with Gasteiger partial charge in [-0.15, -0.1) is 0 Å². The van der Waals surface area contributed by atoms with Gasteiger partial charge < -0.3 is 4.90 Å². The molecule has 7 nitrogen and oxygen atoms in total. The summed E-state index contributed by atoms with van der Waals surface area (Å²) >= 11 is 0. The molecule has 138 valence electrons. The molecular weight excluding hydrogens is 344 g/mol. The zero-order valence-corrected chi connectivity index (χ0v) is 15.0. The first kappa shape index (κ1) is 17.2. The number of hydrogen-bond acceptors (Lipinski definition) is 5. The molecule has 0 N–H and O–H groups in total. The van der Waals surface area contributed by atoms with Crippen molar-refractivity contribution >= 4 is 17.2 Å². The zero-order valence-electron chi connectivity index (χ0n) is 15.0. The van der Waals surface area contributed by atoms with E-state index >= 15 is 0 Å². The average molecular weight is 364 g/mol. The minimum Gasteiger partial charge on any atom is -0.345 e. The Morgan fingerprint density at radius 1 is 1.19 bits per heavy atom. The van der Waals surface area contributed by atoms with Gasteiger partial charge >= 0.3 is 11.2 Å². The van der Waals surface area contributed by atoms with E-state index in [0.29, 0.717) is 12.2 Å². The van der Waals surface area contributed by atoms with Crippen LogP contribution in [0.25, 0.3) is 5.65 Å². The van der Waals surface area contributed by atoms with Gasteiger partial charge in [0.05, 0.1) is 4.92 Å². The molecule has 1 atom stereocenters. The van der Waals surface area contributed by atoms with E-state index in [4.69, 9.17) is 0 Å². The Balaban J connectivity index is 1.86. The van der Waals surface area contributed by atoms with E-state index in [1.165, 1.54) is 10.6 Å². The molecule has 0 saturated carbocycles. The van der Waals surface area contributed by atoms with Gasteiger partial charge in [0.25, 0.3) is 0 Å². The number of benzene rings is 1. The third-order valence-electron chi connectivity index (χ3n) is 5.31. The molecule has 0 amide bonds. The maximum Gasteiger partial charge on any atom is 0.376 e. The van der Waals surface area contributed by atoms with Gasteiger partial charge in [-0.2, -0.15) is 0 Å². The lowest BCUT2D eigenvalue weighted by Gasteiger charge is -2.36. The van der Waals surface area contributed by atoms with Crippen molar-refractivity contribution < 1.29 is 4.92 Å². The number of pyridine rings is 1. The Bertz CT molecular complexity index is 1060. The molecule has 0 aliphatic carbocycles. The predicted octanol–water partition coefficient (Wildman–Crippen LogP) is 3.20. The number of aromatic nitrogens is 2.